The van der Waals surface area contributed by atoms with Crippen molar-refractivity contribution in [2.45, 2.75) is 12.5 Å². The van der Waals surface area contributed by atoms with Gasteiger partial charge in [-0.3, -0.25) is 4.39 Å². The number of fused-ring (bicyclic) bond motifs is 1. The average molecular weight is 402 g/mol. The summed E-state index contributed by atoms with van der Waals surface area (Å²) in [6.45, 7) is 2.41. The van der Waals surface area contributed by atoms with Crippen molar-refractivity contribution in [3.63, 3.8) is 0 Å². The van der Waals surface area contributed by atoms with E-state index in [0.717, 1.165) is 47.8 Å². The third-order valence-electron chi connectivity index (χ3n) is 5.00. The van der Waals surface area contributed by atoms with E-state index >= 15 is 0 Å². The van der Waals surface area contributed by atoms with Gasteiger partial charge in [0.15, 0.2) is 0 Å². The number of nitrogens with zero attached hydrogens (tertiary/aromatic N) is 2. The first-order valence-corrected chi connectivity index (χ1v) is 10.4. The maximum atomic E-state index is 13.1. The van der Waals surface area contributed by atoms with Gasteiger partial charge in [-0.25, -0.2) is 4.98 Å². The molecule has 0 amide bonds. The minimum absolute atomic E-state index is 0.00749. The Kier molecular flexibility index (Phi) is 6.04. The highest BCUT2D eigenvalue weighted by Crippen LogP contribution is 2.35. The number of ether oxygens (including phenoxy) is 1. The largest absolute Gasteiger partial charge is 0.491 e. The molecule has 0 spiro atoms. The highest BCUT2D eigenvalue weighted by molar-refractivity contribution is 7.17. The van der Waals surface area contributed by atoms with Crippen LogP contribution in [0.3, 0.4) is 0 Å². The molecular formula is C21H24FN3O2S. The maximum Gasteiger partial charge on any atom is 0.138 e. The summed E-state index contributed by atoms with van der Waals surface area (Å²) < 4.78 is 19.7. The van der Waals surface area contributed by atoms with Crippen molar-refractivity contribution >= 4 is 27.2 Å². The quantitative estimate of drug-likeness (QED) is 0.635. The monoisotopic (exact) mass is 401 g/mol. The van der Waals surface area contributed by atoms with Crippen LogP contribution in [0.5, 0.6) is 5.75 Å². The Morgan fingerprint density at radius 3 is 2.93 bits per heavy atom. The summed E-state index contributed by atoms with van der Waals surface area (Å²) in [4.78, 5) is 7.25. The predicted molar refractivity (Wildman–Crippen MR) is 112 cm³/mol. The molecule has 4 rings (SSSR count). The standard InChI is InChI=1S/C21H24FN3O2S/c22-7-5-16-14-23-8-9-25(16)21-18-6-12-28-20(18)13-19(24-21)15-1-3-17(4-2-15)27-11-10-26/h1-4,6,12-13,16,23,26H,5,7-11,14H2. The second kappa shape index (κ2) is 8.86. The Morgan fingerprint density at radius 2 is 2.14 bits per heavy atom. The number of nitrogens with one attached hydrogen (secondary N) is 1. The van der Waals surface area contributed by atoms with Gasteiger partial charge < -0.3 is 20.1 Å². The number of aliphatic hydroxyl groups is 1. The average Bonchev–Trinajstić information content (AvgIpc) is 3.21. The van der Waals surface area contributed by atoms with E-state index < -0.39 is 0 Å². The van der Waals surface area contributed by atoms with E-state index in [2.05, 4.69) is 27.7 Å². The number of hydrogen-bond donors (Lipinski definition) is 2. The Labute approximate surface area is 167 Å². The Balaban J connectivity index is 1.70. The Bertz CT molecular complexity index is 914. The third-order valence-corrected chi connectivity index (χ3v) is 5.87. The van der Waals surface area contributed by atoms with E-state index in [4.69, 9.17) is 14.8 Å². The lowest BCUT2D eigenvalue weighted by atomic mass is 10.1. The topological polar surface area (TPSA) is 57.6 Å². The third kappa shape index (κ3) is 3.97. The lowest BCUT2D eigenvalue weighted by molar-refractivity contribution is 0.201. The number of benzene rings is 1. The van der Waals surface area contributed by atoms with E-state index in [-0.39, 0.29) is 25.9 Å². The van der Waals surface area contributed by atoms with Crippen LogP contribution < -0.4 is 15.0 Å². The number of hydrogen-bond acceptors (Lipinski definition) is 6. The van der Waals surface area contributed by atoms with E-state index in [1.807, 2.05) is 24.3 Å². The van der Waals surface area contributed by atoms with Crippen molar-refractivity contribution in [1.29, 1.82) is 0 Å². The summed E-state index contributed by atoms with van der Waals surface area (Å²) in [6.07, 6.45) is 0.501. The molecule has 1 saturated heterocycles. The number of rotatable bonds is 7. The van der Waals surface area contributed by atoms with E-state index in [9.17, 15) is 4.39 Å². The molecule has 0 aliphatic carbocycles. The van der Waals surface area contributed by atoms with Gasteiger partial charge >= 0.3 is 0 Å². The van der Waals surface area contributed by atoms with Crippen molar-refractivity contribution in [2.24, 2.45) is 0 Å². The molecule has 0 radical (unpaired) electrons. The fourth-order valence-electron chi connectivity index (χ4n) is 3.62. The summed E-state index contributed by atoms with van der Waals surface area (Å²) in [5, 5.41) is 15.5. The highest BCUT2D eigenvalue weighted by Gasteiger charge is 2.25. The van der Waals surface area contributed by atoms with Crippen LogP contribution in [0.1, 0.15) is 6.42 Å². The molecule has 1 fully saturated rings. The summed E-state index contributed by atoms with van der Waals surface area (Å²) >= 11 is 1.69. The van der Waals surface area contributed by atoms with E-state index in [1.54, 1.807) is 11.3 Å². The smallest absolute Gasteiger partial charge is 0.138 e. The number of halogens is 1. The summed E-state index contributed by atoms with van der Waals surface area (Å²) in [7, 11) is 0. The number of pyridine rings is 1. The molecule has 5 nitrogen and oxygen atoms in total. The fourth-order valence-corrected chi connectivity index (χ4v) is 4.44. The first-order valence-electron chi connectivity index (χ1n) is 9.56. The van der Waals surface area contributed by atoms with Gasteiger partial charge in [-0.2, -0.15) is 0 Å². The molecule has 1 unspecified atom stereocenters. The summed E-state index contributed by atoms with van der Waals surface area (Å²) in [6, 6.07) is 12.1. The van der Waals surface area contributed by atoms with E-state index in [1.165, 1.54) is 4.70 Å². The molecule has 7 heteroatoms. The zero-order valence-electron chi connectivity index (χ0n) is 15.6. The van der Waals surface area contributed by atoms with Gasteiger partial charge in [-0.15, -0.1) is 11.3 Å². The highest BCUT2D eigenvalue weighted by atomic mass is 32.1. The molecule has 1 aromatic carbocycles. The summed E-state index contributed by atoms with van der Waals surface area (Å²) in [5.74, 6) is 1.66. The van der Waals surface area contributed by atoms with Gasteiger partial charge in [0, 0.05) is 41.3 Å². The van der Waals surface area contributed by atoms with Gasteiger partial charge in [0.25, 0.3) is 0 Å². The molecule has 28 heavy (non-hydrogen) atoms. The van der Waals surface area contributed by atoms with Crippen LogP contribution in [0.15, 0.2) is 41.8 Å². The van der Waals surface area contributed by atoms with Crippen LogP contribution in [0.4, 0.5) is 10.2 Å². The minimum atomic E-state index is -0.329. The van der Waals surface area contributed by atoms with Crippen molar-refractivity contribution in [3.05, 3.63) is 41.8 Å². The van der Waals surface area contributed by atoms with Crippen molar-refractivity contribution in [1.82, 2.24) is 10.3 Å². The van der Waals surface area contributed by atoms with Crippen LogP contribution >= 0.6 is 11.3 Å². The molecule has 148 valence electrons. The predicted octanol–water partition coefficient (Wildman–Crippen LogP) is 3.47. The molecule has 1 atom stereocenters. The fraction of sp³-hybridized carbons (Fsp3) is 0.381. The Hall–Kier alpha value is -2.22. The zero-order chi connectivity index (χ0) is 19.3. The summed E-state index contributed by atoms with van der Waals surface area (Å²) in [5.41, 5.74) is 1.90. The molecule has 0 bridgehead atoms. The van der Waals surface area contributed by atoms with Crippen LogP contribution in [-0.4, -0.2) is 55.7 Å². The molecule has 2 N–H and O–H groups in total. The normalized spacial score (nSPS) is 17.2. The van der Waals surface area contributed by atoms with E-state index in [0.29, 0.717) is 6.42 Å². The first kappa shape index (κ1) is 19.1. The van der Waals surface area contributed by atoms with Crippen LogP contribution in [0, 0.1) is 0 Å². The van der Waals surface area contributed by atoms with Gasteiger partial charge in [0.2, 0.25) is 0 Å². The van der Waals surface area contributed by atoms with Crippen molar-refractivity contribution in [2.75, 3.05) is 44.4 Å². The molecule has 2 aromatic heterocycles. The molecule has 3 aromatic rings. The zero-order valence-corrected chi connectivity index (χ0v) is 16.4. The van der Waals surface area contributed by atoms with Gasteiger partial charge in [-0.05, 0) is 48.2 Å². The lowest BCUT2D eigenvalue weighted by Crippen LogP contribution is -2.52. The maximum absolute atomic E-state index is 13.1. The number of aromatic nitrogens is 1. The number of piperazine rings is 1. The molecule has 0 saturated carbocycles. The minimum Gasteiger partial charge on any atom is -0.491 e. The van der Waals surface area contributed by atoms with Crippen molar-refractivity contribution in [3.8, 4) is 17.0 Å². The first-order chi connectivity index (χ1) is 13.8. The van der Waals surface area contributed by atoms with Gasteiger partial charge in [0.1, 0.15) is 18.2 Å². The lowest BCUT2D eigenvalue weighted by Gasteiger charge is -2.37. The SMILES string of the molecule is OCCOc1ccc(-c2cc3sccc3c(N3CCNCC3CCF)n2)cc1. The second-order valence-corrected chi connectivity index (χ2v) is 7.74. The van der Waals surface area contributed by atoms with Crippen LogP contribution in [0.25, 0.3) is 21.3 Å². The number of thiophene rings is 1. The molecule has 3 heterocycles. The second-order valence-electron chi connectivity index (χ2n) is 6.79. The van der Waals surface area contributed by atoms with Gasteiger partial charge in [0.05, 0.1) is 19.0 Å². The van der Waals surface area contributed by atoms with Crippen LogP contribution in [-0.2, 0) is 0 Å². The van der Waals surface area contributed by atoms with Crippen LogP contribution in [0.2, 0.25) is 0 Å². The number of alkyl halides is 1. The Morgan fingerprint density at radius 1 is 1.29 bits per heavy atom. The van der Waals surface area contributed by atoms with Crippen molar-refractivity contribution < 1.29 is 14.2 Å². The molecule has 1 aliphatic rings. The molecule has 1 aliphatic heterocycles. The molecular weight excluding hydrogens is 377 g/mol. The van der Waals surface area contributed by atoms with Gasteiger partial charge in [-0.1, -0.05) is 0 Å². The number of anilines is 1. The number of aliphatic hydroxyl groups excluding tert-OH is 1.